The van der Waals surface area contributed by atoms with Crippen LogP contribution in [0.1, 0.15) is 32.7 Å². The molecule has 0 spiro atoms. The molecule has 6 heteroatoms. The molecule has 0 saturated heterocycles. The van der Waals surface area contributed by atoms with Gasteiger partial charge in [-0.1, -0.05) is 29.8 Å². The summed E-state index contributed by atoms with van der Waals surface area (Å²) in [4.78, 5) is 34.5. The van der Waals surface area contributed by atoms with Gasteiger partial charge < -0.3 is 15.7 Å². The van der Waals surface area contributed by atoms with Crippen LogP contribution in [0, 0.1) is 6.92 Å². The van der Waals surface area contributed by atoms with Crippen LogP contribution in [0.4, 0.5) is 10.5 Å². The number of carboxylic acids is 1. The van der Waals surface area contributed by atoms with Gasteiger partial charge in [0.15, 0.2) is 5.78 Å². The Bertz CT molecular complexity index is 737. The van der Waals surface area contributed by atoms with Crippen LogP contribution in [0.3, 0.4) is 0 Å². The van der Waals surface area contributed by atoms with Crippen molar-refractivity contribution in [3.63, 3.8) is 0 Å². The van der Waals surface area contributed by atoms with Crippen LogP contribution >= 0.6 is 0 Å². The molecule has 0 fully saturated rings. The molecular formula is C18H18N2O4. The number of amides is 2. The minimum atomic E-state index is -1.03. The monoisotopic (exact) mass is 326 g/mol. The summed E-state index contributed by atoms with van der Waals surface area (Å²) in [6, 6.07) is 12.6. The maximum Gasteiger partial charge on any atom is 0.335 e. The highest BCUT2D eigenvalue weighted by Gasteiger charge is 2.07. The Morgan fingerprint density at radius 2 is 1.50 bits per heavy atom. The topological polar surface area (TPSA) is 95.5 Å². The minimum absolute atomic E-state index is 0.0406. The molecule has 6 nitrogen and oxygen atoms in total. The Kier molecular flexibility index (Phi) is 5.68. The van der Waals surface area contributed by atoms with Gasteiger partial charge in [0.25, 0.3) is 0 Å². The van der Waals surface area contributed by atoms with E-state index in [1.54, 1.807) is 12.1 Å². The number of carbonyl (C=O) groups excluding carboxylic acids is 2. The quantitative estimate of drug-likeness (QED) is 0.711. The molecule has 0 aromatic heterocycles. The number of hydrogen-bond donors (Lipinski definition) is 3. The third-order valence-electron chi connectivity index (χ3n) is 3.40. The number of aryl methyl sites for hydroxylation is 1. The Morgan fingerprint density at radius 3 is 2.08 bits per heavy atom. The first-order valence-electron chi connectivity index (χ1n) is 7.44. The highest BCUT2D eigenvalue weighted by Crippen LogP contribution is 2.09. The normalized spacial score (nSPS) is 10.0. The van der Waals surface area contributed by atoms with E-state index < -0.39 is 12.0 Å². The predicted molar refractivity (Wildman–Crippen MR) is 90.5 cm³/mol. The van der Waals surface area contributed by atoms with Crippen LogP contribution in [0.5, 0.6) is 0 Å². The number of Topliss-reactive ketones (excluding diaryl/α,β-unsaturated/α-hetero) is 1. The van der Waals surface area contributed by atoms with Crippen molar-refractivity contribution in [2.24, 2.45) is 0 Å². The summed E-state index contributed by atoms with van der Waals surface area (Å²) >= 11 is 0. The molecule has 0 heterocycles. The summed E-state index contributed by atoms with van der Waals surface area (Å²) < 4.78 is 0. The van der Waals surface area contributed by atoms with Gasteiger partial charge in [0.1, 0.15) is 0 Å². The lowest BCUT2D eigenvalue weighted by atomic mass is 10.1. The summed E-state index contributed by atoms with van der Waals surface area (Å²) in [5, 5.41) is 14.0. The third kappa shape index (κ3) is 4.95. The van der Waals surface area contributed by atoms with Crippen LogP contribution in [0.25, 0.3) is 0 Å². The van der Waals surface area contributed by atoms with Crippen molar-refractivity contribution in [3.8, 4) is 0 Å². The van der Waals surface area contributed by atoms with Gasteiger partial charge in [-0.3, -0.25) is 4.79 Å². The Balaban J connectivity index is 1.77. The minimum Gasteiger partial charge on any atom is -0.478 e. The number of benzene rings is 2. The summed E-state index contributed by atoms with van der Waals surface area (Å²) in [5.41, 5.74) is 2.32. The molecule has 124 valence electrons. The zero-order valence-corrected chi connectivity index (χ0v) is 13.2. The van der Waals surface area contributed by atoms with Gasteiger partial charge in [0, 0.05) is 24.2 Å². The molecule has 3 N–H and O–H groups in total. The van der Waals surface area contributed by atoms with Gasteiger partial charge in [0.2, 0.25) is 0 Å². The van der Waals surface area contributed by atoms with Crippen LogP contribution in [-0.4, -0.2) is 29.4 Å². The Labute approximate surface area is 139 Å². The number of carboxylic acid groups (broad SMARTS) is 1. The van der Waals surface area contributed by atoms with E-state index in [4.69, 9.17) is 5.11 Å². The number of carbonyl (C=O) groups is 3. The molecule has 2 rings (SSSR count). The number of ketones is 1. The average molecular weight is 326 g/mol. The van der Waals surface area contributed by atoms with Gasteiger partial charge in [-0.15, -0.1) is 0 Å². The number of anilines is 1. The molecule has 0 atom stereocenters. The summed E-state index contributed by atoms with van der Waals surface area (Å²) in [5.74, 6) is -1.07. The fourth-order valence-corrected chi connectivity index (χ4v) is 2.04. The van der Waals surface area contributed by atoms with Gasteiger partial charge >= 0.3 is 12.0 Å². The van der Waals surface area contributed by atoms with E-state index in [1.165, 1.54) is 24.3 Å². The van der Waals surface area contributed by atoms with Gasteiger partial charge in [-0.25, -0.2) is 9.59 Å². The molecule has 0 aliphatic carbocycles. The van der Waals surface area contributed by atoms with E-state index in [1.807, 2.05) is 19.1 Å². The zero-order chi connectivity index (χ0) is 17.5. The zero-order valence-electron chi connectivity index (χ0n) is 13.2. The van der Waals surface area contributed by atoms with Crippen molar-refractivity contribution < 1.29 is 19.5 Å². The van der Waals surface area contributed by atoms with Gasteiger partial charge in [0.05, 0.1) is 5.56 Å². The van der Waals surface area contributed by atoms with E-state index in [2.05, 4.69) is 10.6 Å². The van der Waals surface area contributed by atoms with Gasteiger partial charge in [-0.2, -0.15) is 0 Å². The van der Waals surface area contributed by atoms with E-state index in [9.17, 15) is 14.4 Å². The largest absolute Gasteiger partial charge is 0.478 e. The Hall–Kier alpha value is -3.15. The van der Waals surface area contributed by atoms with E-state index in [0.717, 1.165) is 5.56 Å². The second-order valence-corrected chi connectivity index (χ2v) is 5.30. The Morgan fingerprint density at radius 1 is 0.917 bits per heavy atom. The van der Waals surface area contributed by atoms with Crippen LogP contribution in [-0.2, 0) is 0 Å². The standard InChI is InChI=1S/C18H18N2O4/c1-12-2-4-13(5-3-12)16(21)10-11-19-18(24)20-15-8-6-14(7-9-15)17(22)23/h2-9H,10-11H2,1H3,(H,22,23)(H2,19,20,24). The highest BCUT2D eigenvalue weighted by molar-refractivity contribution is 5.97. The van der Waals surface area contributed by atoms with Crippen LogP contribution < -0.4 is 10.6 Å². The first-order valence-corrected chi connectivity index (χ1v) is 7.44. The lowest BCUT2D eigenvalue weighted by Gasteiger charge is -2.08. The third-order valence-corrected chi connectivity index (χ3v) is 3.40. The lowest BCUT2D eigenvalue weighted by molar-refractivity contribution is 0.0696. The van der Waals surface area contributed by atoms with E-state index in [-0.39, 0.29) is 24.3 Å². The molecule has 24 heavy (non-hydrogen) atoms. The molecule has 2 aromatic carbocycles. The maximum atomic E-state index is 12.0. The summed E-state index contributed by atoms with van der Waals surface area (Å²) in [6.07, 6.45) is 0.203. The molecule has 0 saturated carbocycles. The molecule has 0 radical (unpaired) electrons. The number of nitrogens with one attached hydrogen (secondary N) is 2. The van der Waals surface area contributed by atoms with Crippen molar-refractivity contribution in [3.05, 3.63) is 65.2 Å². The smallest absolute Gasteiger partial charge is 0.335 e. The number of aromatic carboxylic acids is 1. The second kappa shape index (κ2) is 7.92. The SMILES string of the molecule is Cc1ccc(C(=O)CCNC(=O)Nc2ccc(C(=O)O)cc2)cc1. The molecule has 0 unspecified atom stereocenters. The maximum absolute atomic E-state index is 12.0. The lowest BCUT2D eigenvalue weighted by Crippen LogP contribution is -2.30. The van der Waals surface area contributed by atoms with Crippen molar-refractivity contribution in [1.82, 2.24) is 5.32 Å². The molecule has 2 amide bonds. The number of urea groups is 1. The molecule has 0 aliphatic heterocycles. The number of hydrogen-bond acceptors (Lipinski definition) is 3. The second-order valence-electron chi connectivity index (χ2n) is 5.30. The molecule has 0 bridgehead atoms. The summed E-state index contributed by atoms with van der Waals surface area (Å²) in [6.45, 7) is 2.16. The van der Waals surface area contributed by atoms with Crippen molar-refractivity contribution in [2.75, 3.05) is 11.9 Å². The van der Waals surface area contributed by atoms with Crippen molar-refractivity contribution in [2.45, 2.75) is 13.3 Å². The van der Waals surface area contributed by atoms with Gasteiger partial charge in [-0.05, 0) is 31.2 Å². The van der Waals surface area contributed by atoms with Crippen LogP contribution in [0.15, 0.2) is 48.5 Å². The van der Waals surface area contributed by atoms with E-state index in [0.29, 0.717) is 11.3 Å². The van der Waals surface area contributed by atoms with E-state index >= 15 is 0 Å². The van der Waals surface area contributed by atoms with Crippen molar-refractivity contribution in [1.29, 1.82) is 0 Å². The summed E-state index contributed by atoms with van der Waals surface area (Å²) in [7, 11) is 0. The van der Waals surface area contributed by atoms with Crippen LogP contribution in [0.2, 0.25) is 0 Å². The first kappa shape index (κ1) is 17.2. The molecule has 2 aromatic rings. The number of rotatable bonds is 6. The molecular weight excluding hydrogens is 308 g/mol. The fraction of sp³-hybridized carbons (Fsp3) is 0.167. The molecule has 0 aliphatic rings. The van der Waals surface area contributed by atoms with Crippen molar-refractivity contribution >= 4 is 23.5 Å². The fourth-order valence-electron chi connectivity index (χ4n) is 2.04. The predicted octanol–water partition coefficient (Wildman–Crippen LogP) is 3.09. The average Bonchev–Trinajstić information content (AvgIpc) is 2.55. The highest BCUT2D eigenvalue weighted by atomic mass is 16.4. The first-order chi connectivity index (χ1) is 11.5.